The molecule has 2 heteroatoms. The second-order valence-corrected chi connectivity index (χ2v) is 13.8. The van der Waals surface area contributed by atoms with Crippen molar-refractivity contribution in [3.05, 3.63) is 192 Å². The molecule has 7 aromatic rings. The van der Waals surface area contributed by atoms with Crippen LogP contribution >= 0.6 is 0 Å². The Morgan fingerprint density at radius 3 is 1.81 bits per heavy atom. The minimum Gasteiger partial charge on any atom is -0.306 e. The van der Waals surface area contributed by atoms with Crippen LogP contribution in [0.4, 0.5) is 34.1 Å². The lowest BCUT2D eigenvalue weighted by molar-refractivity contribution is 0.631. The molecular formula is C46H34N2. The van der Waals surface area contributed by atoms with Gasteiger partial charge in [-0.15, -0.1) is 0 Å². The van der Waals surface area contributed by atoms with Gasteiger partial charge in [0.25, 0.3) is 0 Å². The van der Waals surface area contributed by atoms with Crippen molar-refractivity contribution in [2.75, 3.05) is 9.80 Å². The van der Waals surface area contributed by atoms with Crippen molar-refractivity contribution < 1.29 is 0 Å². The number of hydrogen-bond donors (Lipinski definition) is 0. The lowest BCUT2D eigenvalue weighted by atomic mass is 9.72. The SMILES string of the molecule is CC1(C)c2ccccc2N2c3cc(-c4ccccc4)ccc3N(c3ccc(C4c5ccccc5-c5ccccc54)cc3)c3cccc1c32. The monoisotopic (exact) mass is 614 g/mol. The number of anilines is 6. The van der Waals surface area contributed by atoms with Crippen molar-refractivity contribution in [2.24, 2.45) is 0 Å². The van der Waals surface area contributed by atoms with Gasteiger partial charge in [-0.05, 0) is 86.5 Å². The van der Waals surface area contributed by atoms with Gasteiger partial charge in [0.1, 0.15) is 0 Å². The van der Waals surface area contributed by atoms with Gasteiger partial charge >= 0.3 is 0 Å². The number of fused-ring (bicyclic) bond motifs is 7. The molecule has 2 heterocycles. The third kappa shape index (κ3) is 3.74. The van der Waals surface area contributed by atoms with Crippen LogP contribution in [0.1, 0.15) is 47.6 Å². The highest BCUT2D eigenvalue weighted by molar-refractivity contribution is 6.05. The highest BCUT2D eigenvalue weighted by Gasteiger charge is 2.42. The lowest BCUT2D eigenvalue weighted by Gasteiger charge is -2.48. The maximum Gasteiger partial charge on any atom is 0.0744 e. The standard InChI is InChI=1S/C46H34N2/c1-46(2)38-19-10-11-21-40(38)48-43-29-32(30-13-4-3-5-14-30)25-28-41(43)47(42-22-12-20-39(46)45(42)48)33-26-23-31(24-27-33)44-36-17-8-6-15-34(36)35-16-7-9-18-37(35)44/h3-29,44H,1-2H3. The van der Waals surface area contributed by atoms with Gasteiger partial charge in [-0.2, -0.15) is 0 Å². The van der Waals surface area contributed by atoms with Crippen LogP contribution in [0.2, 0.25) is 0 Å². The van der Waals surface area contributed by atoms with Gasteiger partial charge in [-0.3, -0.25) is 0 Å². The topological polar surface area (TPSA) is 6.48 Å². The number of rotatable bonds is 3. The van der Waals surface area contributed by atoms with Crippen LogP contribution in [0, 0.1) is 0 Å². The third-order valence-corrected chi connectivity index (χ3v) is 10.9. The Hall–Kier alpha value is -5.86. The van der Waals surface area contributed by atoms with E-state index >= 15 is 0 Å². The molecule has 0 radical (unpaired) electrons. The minimum absolute atomic E-state index is 0.147. The van der Waals surface area contributed by atoms with Gasteiger partial charge in [0.2, 0.25) is 0 Å². The first kappa shape index (κ1) is 27.3. The minimum atomic E-state index is -0.147. The van der Waals surface area contributed by atoms with Crippen LogP contribution in [0.5, 0.6) is 0 Å². The van der Waals surface area contributed by atoms with E-state index in [9.17, 15) is 0 Å². The quantitative estimate of drug-likeness (QED) is 0.195. The van der Waals surface area contributed by atoms with Crippen molar-refractivity contribution in [3.8, 4) is 22.3 Å². The van der Waals surface area contributed by atoms with E-state index in [1.54, 1.807) is 0 Å². The zero-order chi connectivity index (χ0) is 32.0. The largest absolute Gasteiger partial charge is 0.306 e. The first-order chi connectivity index (χ1) is 23.6. The fourth-order valence-electron chi connectivity index (χ4n) is 8.60. The Morgan fingerprint density at radius 2 is 1.06 bits per heavy atom. The fourth-order valence-corrected chi connectivity index (χ4v) is 8.60. The van der Waals surface area contributed by atoms with E-state index < -0.39 is 0 Å². The molecule has 1 aliphatic carbocycles. The highest BCUT2D eigenvalue weighted by atomic mass is 15.3. The molecule has 0 unspecified atom stereocenters. The summed E-state index contributed by atoms with van der Waals surface area (Å²) in [7, 11) is 0. The smallest absolute Gasteiger partial charge is 0.0744 e. The van der Waals surface area contributed by atoms with Gasteiger partial charge in [0.15, 0.2) is 0 Å². The van der Waals surface area contributed by atoms with E-state index in [1.807, 2.05) is 0 Å². The van der Waals surface area contributed by atoms with Crippen molar-refractivity contribution in [2.45, 2.75) is 25.2 Å². The summed E-state index contributed by atoms with van der Waals surface area (Å²) in [6.07, 6.45) is 0. The number of hydrogen-bond acceptors (Lipinski definition) is 2. The summed E-state index contributed by atoms with van der Waals surface area (Å²) < 4.78 is 0. The van der Waals surface area contributed by atoms with E-state index in [-0.39, 0.29) is 11.3 Å². The Bertz CT molecular complexity index is 2340. The predicted molar refractivity (Wildman–Crippen MR) is 200 cm³/mol. The van der Waals surface area contributed by atoms with E-state index in [0.717, 1.165) is 5.69 Å². The first-order valence-electron chi connectivity index (χ1n) is 16.9. The Morgan fingerprint density at radius 1 is 0.438 bits per heavy atom. The molecule has 10 rings (SSSR count). The third-order valence-electron chi connectivity index (χ3n) is 10.9. The summed E-state index contributed by atoms with van der Waals surface area (Å²) in [6.45, 7) is 4.73. The summed E-state index contributed by atoms with van der Waals surface area (Å²) in [5.41, 5.74) is 19.0. The predicted octanol–water partition coefficient (Wildman–Crippen LogP) is 12.4. The fraction of sp³-hybridized carbons (Fsp3) is 0.0870. The second kappa shape index (κ2) is 10.1. The molecule has 0 N–H and O–H groups in total. The maximum atomic E-state index is 2.52. The van der Waals surface area contributed by atoms with E-state index in [2.05, 4.69) is 187 Å². The first-order valence-corrected chi connectivity index (χ1v) is 16.9. The molecule has 0 amide bonds. The van der Waals surface area contributed by atoms with Gasteiger partial charge in [-0.1, -0.05) is 141 Å². The van der Waals surface area contributed by atoms with Crippen molar-refractivity contribution in [3.63, 3.8) is 0 Å². The normalized spacial score (nSPS) is 14.9. The van der Waals surface area contributed by atoms with Crippen molar-refractivity contribution >= 4 is 34.1 Å². The number of para-hydroxylation sites is 2. The molecule has 0 saturated heterocycles. The molecule has 3 aliphatic rings. The molecule has 2 nitrogen and oxygen atoms in total. The molecular weight excluding hydrogens is 581 g/mol. The van der Waals surface area contributed by atoms with E-state index in [0.29, 0.717) is 0 Å². The summed E-state index contributed by atoms with van der Waals surface area (Å²) in [5, 5.41) is 0. The Labute approximate surface area is 282 Å². The van der Waals surface area contributed by atoms with E-state index in [4.69, 9.17) is 0 Å². The average molecular weight is 615 g/mol. The van der Waals surface area contributed by atoms with Crippen LogP contribution in [0.3, 0.4) is 0 Å². The summed E-state index contributed by atoms with van der Waals surface area (Å²) in [4.78, 5) is 4.99. The van der Waals surface area contributed by atoms with Gasteiger partial charge in [0.05, 0.1) is 28.4 Å². The van der Waals surface area contributed by atoms with Crippen molar-refractivity contribution in [1.82, 2.24) is 0 Å². The molecule has 48 heavy (non-hydrogen) atoms. The van der Waals surface area contributed by atoms with Crippen LogP contribution in [0.25, 0.3) is 22.3 Å². The molecule has 228 valence electrons. The lowest BCUT2D eigenvalue weighted by Crippen LogP contribution is -2.34. The van der Waals surface area contributed by atoms with Crippen LogP contribution in [-0.4, -0.2) is 0 Å². The number of benzene rings is 7. The van der Waals surface area contributed by atoms with Crippen LogP contribution < -0.4 is 9.80 Å². The highest BCUT2D eigenvalue weighted by Crippen LogP contribution is 2.62. The molecule has 0 fully saturated rings. The number of nitrogens with zero attached hydrogens (tertiary/aromatic N) is 2. The van der Waals surface area contributed by atoms with Crippen molar-refractivity contribution in [1.29, 1.82) is 0 Å². The molecule has 0 atom stereocenters. The van der Waals surface area contributed by atoms with Crippen LogP contribution in [0.15, 0.2) is 164 Å². The molecule has 0 saturated carbocycles. The zero-order valence-electron chi connectivity index (χ0n) is 27.1. The second-order valence-electron chi connectivity index (χ2n) is 13.8. The molecule has 2 aliphatic heterocycles. The van der Waals surface area contributed by atoms with E-state index in [1.165, 1.54) is 78.5 Å². The summed E-state index contributed by atoms with van der Waals surface area (Å²) in [5.74, 6) is 0.228. The van der Waals surface area contributed by atoms with Gasteiger partial charge < -0.3 is 9.80 Å². The molecule has 0 bridgehead atoms. The van der Waals surface area contributed by atoms with Gasteiger partial charge in [0, 0.05) is 17.0 Å². The molecule has 0 spiro atoms. The van der Waals surface area contributed by atoms with Crippen LogP contribution in [-0.2, 0) is 5.41 Å². The molecule has 0 aromatic heterocycles. The summed E-state index contributed by atoms with van der Waals surface area (Å²) >= 11 is 0. The molecule has 7 aromatic carbocycles. The maximum absolute atomic E-state index is 2.52. The average Bonchev–Trinajstić information content (AvgIpc) is 3.48. The Kier molecular flexibility index (Phi) is 5.72. The van der Waals surface area contributed by atoms with Gasteiger partial charge in [-0.25, -0.2) is 0 Å². The zero-order valence-corrected chi connectivity index (χ0v) is 27.1. The summed E-state index contributed by atoms with van der Waals surface area (Å²) in [6, 6.07) is 60.6. The Balaban J connectivity index is 1.17.